The molecule has 0 aliphatic heterocycles. The van der Waals surface area contributed by atoms with Gasteiger partial charge in [-0.1, -0.05) is 12.1 Å². The Balaban J connectivity index is 2.43. The zero-order valence-corrected chi connectivity index (χ0v) is 13.3. The predicted molar refractivity (Wildman–Crippen MR) is 82.4 cm³/mol. The number of hydrogen-bond acceptors (Lipinski definition) is 3. The molecule has 20 heavy (non-hydrogen) atoms. The smallest absolute Gasteiger partial charge is 0.144 e. The topological polar surface area (TPSA) is 37.8 Å². The maximum atomic E-state index is 13.0. The van der Waals surface area contributed by atoms with Gasteiger partial charge in [0.05, 0.1) is 4.47 Å². The molecule has 0 radical (unpaired) electrons. The first-order valence-electron chi connectivity index (χ1n) is 6.48. The molecule has 2 rings (SSSR count). The number of rotatable bonds is 4. The van der Waals surface area contributed by atoms with E-state index < -0.39 is 5.41 Å². The lowest BCUT2D eigenvalue weighted by atomic mass is 9.84. The standard InChI is InChI=1S/C15H17BrFN3/c1-4-18-13-12(16)9-19-14(20-13)15(2,3)10-5-7-11(17)8-6-10/h5-9H,4H2,1-3H3,(H,18,19,20). The Bertz CT molecular complexity index is 597. The minimum atomic E-state index is -0.390. The van der Waals surface area contributed by atoms with Gasteiger partial charge in [-0.25, -0.2) is 14.4 Å². The number of hydrogen-bond donors (Lipinski definition) is 1. The quantitative estimate of drug-likeness (QED) is 0.911. The molecule has 0 fully saturated rings. The molecule has 106 valence electrons. The maximum Gasteiger partial charge on any atom is 0.144 e. The van der Waals surface area contributed by atoms with Crippen LogP contribution in [0.1, 0.15) is 32.2 Å². The van der Waals surface area contributed by atoms with Gasteiger partial charge in [0.15, 0.2) is 0 Å². The lowest BCUT2D eigenvalue weighted by Gasteiger charge is -2.24. The fourth-order valence-electron chi connectivity index (χ4n) is 1.96. The van der Waals surface area contributed by atoms with Crippen LogP contribution in [0, 0.1) is 5.82 Å². The van der Waals surface area contributed by atoms with E-state index in [1.807, 2.05) is 20.8 Å². The van der Waals surface area contributed by atoms with Gasteiger partial charge in [0.1, 0.15) is 17.5 Å². The largest absolute Gasteiger partial charge is 0.369 e. The molecule has 2 aromatic rings. The lowest BCUT2D eigenvalue weighted by Crippen LogP contribution is -2.23. The van der Waals surface area contributed by atoms with Gasteiger partial charge in [-0.05, 0) is 54.4 Å². The summed E-state index contributed by atoms with van der Waals surface area (Å²) >= 11 is 3.43. The molecule has 0 saturated carbocycles. The molecule has 0 spiro atoms. The van der Waals surface area contributed by atoms with Crippen molar-refractivity contribution in [3.8, 4) is 0 Å². The summed E-state index contributed by atoms with van der Waals surface area (Å²) < 4.78 is 13.9. The number of aromatic nitrogens is 2. The van der Waals surface area contributed by atoms with Crippen molar-refractivity contribution in [2.24, 2.45) is 0 Å². The predicted octanol–water partition coefficient (Wildman–Crippen LogP) is 4.14. The molecule has 1 heterocycles. The fourth-order valence-corrected chi connectivity index (χ4v) is 2.29. The first-order chi connectivity index (χ1) is 9.45. The Labute approximate surface area is 126 Å². The highest BCUT2D eigenvalue weighted by Gasteiger charge is 2.27. The number of benzene rings is 1. The first kappa shape index (κ1) is 14.9. The minimum absolute atomic E-state index is 0.241. The third-order valence-corrected chi connectivity index (χ3v) is 3.79. The normalized spacial score (nSPS) is 11.4. The first-order valence-corrected chi connectivity index (χ1v) is 7.27. The summed E-state index contributed by atoms with van der Waals surface area (Å²) in [6.45, 7) is 6.85. The van der Waals surface area contributed by atoms with E-state index in [1.165, 1.54) is 12.1 Å². The van der Waals surface area contributed by atoms with Crippen molar-refractivity contribution >= 4 is 21.7 Å². The molecule has 5 heteroatoms. The van der Waals surface area contributed by atoms with Crippen molar-refractivity contribution < 1.29 is 4.39 Å². The molecule has 0 aliphatic carbocycles. The third kappa shape index (κ3) is 2.98. The molecule has 1 aromatic carbocycles. The van der Waals surface area contributed by atoms with Gasteiger partial charge < -0.3 is 5.32 Å². The molecule has 0 aliphatic rings. The van der Waals surface area contributed by atoms with E-state index >= 15 is 0 Å². The molecule has 1 N–H and O–H groups in total. The zero-order valence-electron chi connectivity index (χ0n) is 11.7. The van der Waals surface area contributed by atoms with Crippen LogP contribution in [0.4, 0.5) is 10.2 Å². The molecular weight excluding hydrogens is 321 g/mol. The van der Waals surface area contributed by atoms with Crippen molar-refractivity contribution in [2.45, 2.75) is 26.2 Å². The highest BCUT2D eigenvalue weighted by Crippen LogP contribution is 2.31. The molecule has 0 amide bonds. The van der Waals surface area contributed by atoms with Crippen LogP contribution in [0.3, 0.4) is 0 Å². The van der Waals surface area contributed by atoms with E-state index in [4.69, 9.17) is 0 Å². The van der Waals surface area contributed by atoms with E-state index in [0.717, 1.165) is 22.4 Å². The Morgan fingerprint density at radius 2 is 1.90 bits per heavy atom. The second-order valence-electron chi connectivity index (χ2n) is 5.05. The summed E-state index contributed by atoms with van der Waals surface area (Å²) in [5.74, 6) is 1.23. The highest BCUT2D eigenvalue weighted by molar-refractivity contribution is 9.10. The van der Waals surface area contributed by atoms with Crippen LogP contribution in [0.2, 0.25) is 0 Å². The molecule has 0 unspecified atom stereocenters. The monoisotopic (exact) mass is 337 g/mol. The van der Waals surface area contributed by atoms with Gasteiger partial charge in [-0.3, -0.25) is 0 Å². The lowest BCUT2D eigenvalue weighted by molar-refractivity contribution is 0.583. The van der Waals surface area contributed by atoms with Gasteiger partial charge in [0.25, 0.3) is 0 Å². The van der Waals surface area contributed by atoms with Crippen LogP contribution in [-0.2, 0) is 5.41 Å². The fraction of sp³-hybridized carbons (Fsp3) is 0.333. The van der Waals surface area contributed by atoms with Gasteiger partial charge in [0.2, 0.25) is 0 Å². The van der Waals surface area contributed by atoms with Crippen molar-refractivity contribution in [3.05, 3.63) is 52.1 Å². The SMILES string of the molecule is CCNc1nc(C(C)(C)c2ccc(F)cc2)ncc1Br. The Morgan fingerprint density at radius 1 is 1.25 bits per heavy atom. The van der Waals surface area contributed by atoms with E-state index in [-0.39, 0.29) is 5.82 Å². The summed E-state index contributed by atoms with van der Waals surface area (Å²) in [6.07, 6.45) is 1.74. The summed E-state index contributed by atoms with van der Waals surface area (Å²) in [4.78, 5) is 8.97. The van der Waals surface area contributed by atoms with Crippen molar-refractivity contribution in [1.82, 2.24) is 9.97 Å². The van der Waals surface area contributed by atoms with E-state index in [1.54, 1.807) is 18.3 Å². The van der Waals surface area contributed by atoms with Gasteiger partial charge in [0, 0.05) is 18.2 Å². The second kappa shape index (κ2) is 5.87. The highest BCUT2D eigenvalue weighted by atomic mass is 79.9. The Morgan fingerprint density at radius 3 is 2.50 bits per heavy atom. The van der Waals surface area contributed by atoms with Gasteiger partial charge in [-0.15, -0.1) is 0 Å². The van der Waals surface area contributed by atoms with Crippen LogP contribution in [0.5, 0.6) is 0 Å². The van der Waals surface area contributed by atoms with Crippen LogP contribution >= 0.6 is 15.9 Å². The summed E-state index contributed by atoms with van der Waals surface area (Å²) in [6, 6.07) is 6.46. The average molecular weight is 338 g/mol. The van der Waals surface area contributed by atoms with Crippen LogP contribution < -0.4 is 5.32 Å². The Hall–Kier alpha value is -1.49. The van der Waals surface area contributed by atoms with Crippen molar-refractivity contribution in [3.63, 3.8) is 0 Å². The molecule has 0 bridgehead atoms. The number of nitrogens with one attached hydrogen (secondary N) is 1. The van der Waals surface area contributed by atoms with Crippen LogP contribution in [0.25, 0.3) is 0 Å². The molecule has 1 aromatic heterocycles. The van der Waals surface area contributed by atoms with E-state index in [0.29, 0.717) is 5.82 Å². The number of anilines is 1. The molecule has 3 nitrogen and oxygen atoms in total. The van der Waals surface area contributed by atoms with Gasteiger partial charge >= 0.3 is 0 Å². The summed E-state index contributed by atoms with van der Waals surface area (Å²) in [5.41, 5.74) is 0.585. The summed E-state index contributed by atoms with van der Waals surface area (Å²) in [5, 5.41) is 3.19. The zero-order chi connectivity index (χ0) is 14.8. The third-order valence-electron chi connectivity index (χ3n) is 3.21. The second-order valence-corrected chi connectivity index (χ2v) is 5.91. The maximum absolute atomic E-state index is 13.0. The van der Waals surface area contributed by atoms with E-state index in [2.05, 4.69) is 31.2 Å². The van der Waals surface area contributed by atoms with Gasteiger partial charge in [-0.2, -0.15) is 0 Å². The van der Waals surface area contributed by atoms with Crippen LogP contribution in [0.15, 0.2) is 34.9 Å². The summed E-state index contributed by atoms with van der Waals surface area (Å²) in [7, 11) is 0. The average Bonchev–Trinajstić information content (AvgIpc) is 2.42. The van der Waals surface area contributed by atoms with Crippen molar-refractivity contribution in [2.75, 3.05) is 11.9 Å². The van der Waals surface area contributed by atoms with Crippen molar-refractivity contribution in [1.29, 1.82) is 0 Å². The minimum Gasteiger partial charge on any atom is -0.369 e. The van der Waals surface area contributed by atoms with E-state index in [9.17, 15) is 4.39 Å². The molecular formula is C15H17BrFN3. The van der Waals surface area contributed by atoms with Crippen LogP contribution in [-0.4, -0.2) is 16.5 Å². The molecule has 0 saturated heterocycles. The number of nitrogens with zero attached hydrogens (tertiary/aromatic N) is 2. The molecule has 0 atom stereocenters. The Kier molecular flexibility index (Phi) is 4.38. The number of halogens is 2.